The van der Waals surface area contributed by atoms with E-state index in [4.69, 9.17) is 21.1 Å². The summed E-state index contributed by atoms with van der Waals surface area (Å²) < 4.78 is 8.24. The number of hydrogen-bond donors (Lipinski definition) is 1. The van der Waals surface area contributed by atoms with Crippen LogP contribution >= 0.6 is 22.9 Å². The highest BCUT2D eigenvalue weighted by Gasteiger charge is 2.22. The molecule has 2 aromatic carbocycles. The number of amides is 1. The van der Waals surface area contributed by atoms with Crippen molar-refractivity contribution < 1.29 is 9.32 Å². The average molecular weight is 492 g/mol. The first-order chi connectivity index (χ1) is 16.3. The largest absolute Gasteiger partial charge is 0.361 e. The molecule has 7 nitrogen and oxygen atoms in total. The first-order valence-electron chi connectivity index (χ1n) is 10.7. The molecule has 0 aliphatic carbocycles. The van der Waals surface area contributed by atoms with Gasteiger partial charge in [-0.1, -0.05) is 22.8 Å². The summed E-state index contributed by atoms with van der Waals surface area (Å²) in [6.07, 6.45) is 0. The quantitative estimate of drug-likeness (QED) is 0.310. The van der Waals surface area contributed by atoms with Crippen molar-refractivity contribution in [1.82, 2.24) is 19.9 Å². The molecule has 9 heteroatoms. The van der Waals surface area contributed by atoms with E-state index in [1.165, 1.54) is 5.56 Å². The Balaban J connectivity index is 1.35. The van der Waals surface area contributed by atoms with Crippen LogP contribution in [-0.4, -0.2) is 25.8 Å². The van der Waals surface area contributed by atoms with Crippen molar-refractivity contribution in [2.75, 3.05) is 5.32 Å². The summed E-state index contributed by atoms with van der Waals surface area (Å²) in [7, 11) is 0. The van der Waals surface area contributed by atoms with E-state index in [-0.39, 0.29) is 11.6 Å². The third-order valence-corrected chi connectivity index (χ3v) is 7.35. The van der Waals surface area contributed by atoms with Crippen LogP contribution in [-0.2, 0) is 6.54 Å². The lowest BCUT2D eigenvalue weighted by Gasteiger charge is -2.07. The summed E-state index contributed by atoms with van der Waals surface area (Å²) in [5, 5.41) is 12.9. The van der Waals surface area contributed by atoms with Crippen molar-refractivity contribution in [2.45, 2.75) is 34.2 Å². The second kappa shape index (κ2) is 8.70. The topological polar surface area (TPSA) is 85.8 Å². The molecule has 0 spiro atoms. The predicted molar refractivity (Wildman–Crippen MR) is 135 cm³/mol. The number of aryl methyl sites for hydroxylation is 3. The van der Waals surface area contributed by atoms with Crippen molar-refractivity contribution in [2.24, 2.45) is 0 Å². The Labute approximate surface area is 205 Å². The molecular formula is C25H22ClN5O2S. The van der Waals surface area contributed by atoms with E-state index in [1.807, 2.05) is 44.2 Å². The minimum atomic E-state index is -0.345. The Hall–Kier alpha value is -3.49. The number of fused-ring (bicyclic) bond motifs is 1. The van der Waals surface area contributed by atoms with E-state index < -0.39 is 0 Å². The number of nitrogens with zero attached hydrogens (tertiary/aromatic N) is 4. The number of aromatic nitrogens is 4. The zero-order valence-electron chi connectivity index (χ0n) is 19.1. The molecule has 5 aromatic rings. The first-order valence-corrected chi connectivity index (χ1v) is 11.9. The lowest BCUT2D eigenvalue weighted by Crippen LogP contribution is -2.16. The van der Waals surface area contributed by atoms with Crippen LogP contribution in [0.3, 0.4) is 0 Å². The fraction of sp³-hybridized carbons (Fsp3) is 0.200. The number of halogens is 1. The molecule has 0 atom stereocenters. The summed E-state index contributed by atoms with van der Waals surface area (Å²) in [6, 6.07) is 13.9. The molecule has 1 N–H and O–H groups in total. The van der Waals surface area contributed by atoms with E-state index in [2.05, 4.69) is 34.6 Å². The van der Waals surface area contributed by atoms with Crippen LogP contribution in [0.15, 0.2) is 47.0 Å². The van der Waals surface area contributed by atoms with Gasteiger partial charge in [-0.05, 0) is 69.7 Å². The van der Waals surface area contributed by atoms with E-state index in [1.54, 1.807) is 22.9 Å². The van der Waals surface area contributed by atoms with Crippen LogP contribution in [0, 0.1) is 27.7 Å². The second-order valence-corrected chi connectivity index (χ2v) is 9.64. The maximum atomic E-state index is 13.0. The highest BCUT2D eigenvalue weighted by Crippen LogP contribution is 2.31. The van der Waals surface area contributed by atoms with Crippen molar-refractivity contribution in [3.05, 3.63) is 81.5 Å². The fourth-order valence-electron chi connectivity index (χ4n) is 3.78. The number of nitrogens with one attached hydrogen (secondary N) is 1. The molecule has 0 saturated heterocycles. The van der Waals surface area contributed by atoms with Gasteiger partial charge in [0.2, 0.25) is 0 Å². The maximum Gasteiger partial charge on any atom is 0.278 e. The van der Waals surface area contributed by atoms with Gasteiger partial charge < -0.3 is 9.84 Å². The molecule has 0 unspecified atom stereocenters. The van der Waals surface area contributed by atoms with Crippen LogP contribution in [0.5, 0.6) is 0 Å². The van der Waals surface area contributed by atoms with Crippen LogP contribution in [0.1, 0.15) is 38.8 Å². The van der Waals surface area contributed by atoms with Crippen LogP contribution in [0.4, 0.5) is 5.69 Å². The fourth-order valence-corrected chi connectivity index (χ4v) is 4.98. The number of thiazole rings is 1. The highest BCUT2D eigenvalue weighted by molar-refractivity contribution is 7.21. The standard InChI is InChI=1S/C25H22ClN5O2S/c1-13-5-10-20-21(11-13)34-25(28-20)17-6-8-18(9-7-17)27-24(32)23-19(16(4)33-30-23)12-31-15(3)22(26)14(2)29-31/h5-11H,12H2,1-4H3,(H,27,32). The smallest absolute Gasteiger partial charge is 0.278 e. The second-order valence-electron chi connectivity index (χ2n) is 8.23. The van der Waals surface area contributed by atoms with E-state index in [0.29, 0.717) is 28.6 Å². The summed E-state index contributed by atoms with van der Waals surface area (Å²) in [6.45, 7) is 7.93. The van der Waals surface area contributed by atoms with Gasteiger partial charge in [0.05, 0.1) is 33.2 Å². The van der Waals surface area contributed by atoms with Crippen molar-refractivity contribution in [3.8, 4) is 10.6 Å². The zero-order valence-corrected chi connectivity index (χ0v) is 20.7. The van der Waals surface area contributed by atoms with Crippen molar-refractivity contribution in [3.63, 3.8) is 0 Å². The normalized spacial score (nSPS) is 11.3. The van der Waals surface area contributed by atoms with E-state index in [0.717, 1.165) is 32.2 Å². The molecular weight excluding hydrogens is 470 g/mol. The van der Waals surface area contributed by atoms with Gasteiger partial charge in [0.15, 0.2) is 5.69 Å². The van der Waals surface area contributed by atoms with Gasteiger partial charge in [0.25, 0.3) is 5.91 Å². The number of anilines is 1. The average Bonchev–Trinajstić information content (AvgIpc) is 3.47. The molecule has 1 amide bonds. The number of hydrogen-bond acceptors (Lipinski definition) is 6. The molecule has 0 radical (unpaired) electrons. The number of rotatable bonds is 5. The molecule has 3 aromatic heterocycles. The minimum Gasteiger partial charge on any atom is -0.361 e. The summed E-state index contributed by atoms with van der Waals surface area (Å²) in [5.41, 5.74) is 6.31. The Morgan fingerprint density at radius 2 is 1.88 bits per heavy atom. The molecule has 34 heavy (non-hydrogen) atoms. The van der Waals surface area contributed by atoms with Crippen molar-refractivity contribution in [1.29, 1.82) is 0 Å². The SMILES string of the molecule is Cc1ccc2nc(-c3ccc(NC(=O)c4noc(C)c4Cn4nc(C)c(Cl)c4C)cc3)sc2c1. The van der Waals surface area contributed by atoms with Crippen LogP contribution < -0.4 is 5.32 Å². The molecule has 0 bridgehead atoms. The number of carbonyl (C=O) groups excluding carboxylic acids is 1. The molecule has 0 aliphatic heterocycles. The maximum absolute atomic E-state index is 13.0. The minimum absolute atomic E-state index is 0.229. The summed E-state index contributed by atoms with van der Waals surface area (Å²) >= 11 is 7.92. The monoisotopic (exact) mass is 491 g/mol. The zero-order chi connectivity index (χ0) is 24.0. The van der Waals surface area contributed by atoms with Gasteiger partial charge >= 0.3 is 0 Å². The highest BCUT2D eigenvalue weighted by atomic mass is 35.5. The Morgan fingerprint density at radius 1 is 1.12 bits per heavy atom. The molecule has 3 heterocycles. The van der Waals surface area contributed by atoms with Gasteiger partial charge in [-0.15, -0.1) is 11.3 Å². The third-order valence-electron chi connectivity index (χ3n) is 5.73. The van der Waals surface area contributed by atoms with Gasteiger partial charge in [-0.2, -0.15) is 5.10 Å². The number of benzene rings is 2. The van der Waals surface area contributed by atoms with Crippen LogP contribution in [0.25, 0.3) is 20.8 Å². The summed E-state index contributed by atoms with van der Waals surface area (Å²) in [5.74, 6) is 0.220. The van der Waals surface area contributed by atoms with Gasteiger partial charge in [-0.25, -0.2) is 4.98 Å². The van der Waals surface area contributed by atoms with E-state index in [9.17, 15) is 4.79 Å². The molecule has 5 rings (SSSR count). The molecule has 0 saturated carbocycles. The van der Waals surface area contributed by atoms with Crippen LogP contribution in [0.2, 0.25) is 5.02 Å². The lowest BCUT2D eigenvalue weighted by molar-refractivity contribution is 0.101. The van der Waals surface area contributed by atoms with Crippen molar-refractivity contribution >= 4 is 44.7 Å². The summed E-state index contributed by atoms with van der Waals surface area (Å²) in [4.78, 5) is 17.7. The Bertz CT molecular complexity index is 1530. The molecule has 0 fully saturated rings. The first kappa shape index (κ1) is 22.3. The number of carbonyl (C=O) groups is 1. The van der Waals surface area contributed by atoms with Gasteiger partial charge in [0, 0.05) is 16.8 Å². The molecule has 0 aliphatic rings. The predicted octanol–water partition coefficient (Wildman–Crippen LogP) is 6.34. The Morgan fingerprint density at radius 3 is 2.59 bits per heavy atom. The lowest BCUT2D eigenvalue weighted by atomic mass is 10.1. The third kappa shape index (κ3) is 4.10. The van der Waals surface area contributed by atoms with Gasteiger partial charge in [0.1, 0.15) is 10.8 Å². The van der Waals surface area contributed by atoms with Gasteiger partial charge in [-0.3, -0.25) is 9.48 Å². The molecule has 172 valence electrons. The Kier molecular flexibility index (Phi) is 5.71. The van der Waals surface area contributed by atoms with E-state index >= 15 is 0 Å².